The van der Waals surface area contributed by atoms with E-state index in [0.29, 0.717) is 44.5 Å². The van der Waals surface area contributed by atoms with E-state index in [4.69, 9.17) is 4.74 Å². The highest BCUT2D eigenvalue weighted by Crippen LogP contribution is 2.45. The molecule has 0 radical (unpaired) electrons. The van der Waals surface area contributed by atoms with E-state index in [9.17, 15) is 27.2 Å². The minimum Gasteiger partial charge on any atom is -0.381 e. The van der Waals surface area contributed by atoms with Crippen LogP contribution in [0.5, 0.6) is 0 Å². The van der Waals surface area contributed by atoms with Crippen molar-refractivity contribution in [3.05, 3.63) is 107 Å². The van der Waals surface area contributed by atoms with Crippen LogP contribution < -0.4 is 15.1 Å². The number of halogens is 4. The van der Waals surface area contributed by atoms with Gasteiger partial charge in [-0.15, -0.1) is 11.3 Å². The van der Waals surface area contributed by atoms with Gasteiger partial charge in [0.1, 0.15) is 23.2 Å². The van der Waals surface area contributed by atoms with Gasteiger partial charge < -0.3 is 24.8 Å². The fourth-order valence-electron chi connectivity index (χ4n) is 7.60. The van der Waals surface area contributed by atoms with Crippen molar-refractivity contribution in [2.45, 2.75) is 25.4 Å². The number of fused-ring (bicyclic) bond motifs is 4. The van der Waals surface area contributed by atoms with Crippen molar-refractivity contribution in [3.8, 4) is 21.3 Å². The molecule has 1 spiro atoms. The number of hydrogen-bond acceptors (Lipinski definition) is 8. The minimum absolute atomic E-state index is 0.108. The second-order valence-corrected chi connectivity index (χ2v) is 14.9. The molecule has 0 unspecified atom stereocenters. The topological polar surface area (TPSA) is 116 Å². The van der Waals surface area contributed by atoms with Crippen molar-refractivity contribution in [2.75, 3.05) is 48.0 Å². The number of nitrogens with zero attached hydrogens (tertiary/aromatic N) is 5. The number of anilines is 3. The number of nitrogens with one attached hydrogen (secondary N) is 2. The molecule has 2 fully saturated rings. The van der Waals surface area contributed by atoms with Crippen molar-refractivity contribution < 1.29 is 31.9 Å². The number of ether oxygens (including phenoxy) is 1. The molecular weight excluding hydrogens is 723 g/mol. The van der Waals surface area contributed by atoms with E-state index in [0.717, 1.165) is 57.0 Å². The van der Waals surface area contributed by atoms with Crippen LogP contribution in [0.4, 0.5) is 34.8 Å². The van der Waals surface area contributed by atoms with E-state index in [1.165, 1.54) is 34.4 Å². The van der Waals surface area contributed by atoms with Crippen LogP contribution >= 0.6 is 11.3 Å². The van der Waals surface area contributed by atoms with Gasteiger partial charge in [0.25, 0.3) is 11.8 Å². The number of hydrogen-bond donors (Lipinski definition) is 2. The van der Waals surface area contributed by atoms with Gasteiger partial charge in [-0.3, -0.25) is 14.6 Å². The Morgan fingerprint density at radius 3 is 2.56 bits per heavy atom. The Balaban J connectivity index is 0.940. The van der Waals surface area contributed by atoms with Crippen LogP contribution in [0.1, 0.15) is 44.7 Å². The Bertz CT molecular complexity index is 2430. The highest BCUT2D eigenvalue weighted by Gasteiger charge is 2.45. The number of benzene rings is 2. The monoisotopic (exact) mass is 753 g/mol. The van der Waals surface area contributed by atoms with E-state index < -0.39 is 17.6 Å². The van der Waals surface area contributed by atoms with Gasteiger partial charge in [0, 0.05) is 61.8 Å². The molecule has 54 heavy (non-hydrogen) atoms. The second kappa shape index (κ2) is 13.0. The van der Waals surface area contributed by atoms with Crippen LogP contribution in [0.15, 0.2) is 79.1 Å². The number of rotatable bonds is 5. The summed E-state index contributed by atoms with van der Waals surface area (Å²) in [7, 11) is 0. The van der Waals surface area contributed by atoms with Crippen LogP contribution in [0.25, 0.3) is 32.3 Å². The highest BCUT2D eigenvalue weighted by atomic mass is 32.1. The first-order valence-electron chi connectivity index (χ1n) is 17.4. The fraction of sp³-hybridized carbons (Fsp3) is 0.256. The van der Waals surface area contributed by atoms with Crippen molar-refractivity contribution in [1.82, 2.24) is 19.9 Å². The summed E-state index contributed by atoms with van der Waals surface area (Å²) in [5.41, 5.74) is 2.19. The summed E-state index contributed by atoms with van der Waals surface area (Å²) in [6, 6.07) is 16.9. The molecule has 2 aromatic carbocycles. The second-order valence-electron chi connectivity index (χ2n) is 13.9. The van der Waals surface area contributed by atoms with Crippen molar-refractivity contribution in [2.24, 2.45) is 5.41 Å². The van der Waals surface area contributed by atoms with Gasteiger partial charge in [-0.1, -0.05) is 6.07 Å². The van der Waals surface area contributed by atoms with E-state index >= 15 is 0 Å². The van der Waals surface area contributed by atoms with Gasteiger partial charge >= 0.3 is 6.18 Å². The lowest BCUT2D eigenvalue weighted by Gasteiger charge is -2.53. The number of aromatic nitrogens is 4. The molecule has 7 heterocycles. The number of aromatic amines is 1. The molecule has 2 N–H and O–H groups in total. The lowest BCUT2D eigenvalue weighted by atomic mass is 9.73. The largest absolute Gasteiger partial charge is 0.418 e. The van der Waals surface area contributed by atoms with Gasteiger partial charge in [-0.2, -0.15) is 13.2 Å². The molecule has 0 aliphatic carbocycles. The summed E-state index contributed by atoms with van der Waals surface area (Å²) in [6.07, 6.45) is 0.557. The van der Waals surface area contributed by atoms with Crippen molar-refractivity contribution in [3.63, 3.8) is 0 Å². The fourth-order valence-corrected chi connectivity index (χ4v) is 8.76. The summed E-state index contributed by atoms with van der Waals surface area (Å²) in [5, 5.41) is 2.93. The SMILES string of the molecule is O=C(Nc1ccc(C(=O)N2CCc3cc(-c4nc5cccc(C(F)(F)F)c5[nH]4)sc3-c3ncc(F)cc32)cc1)c1cccnc1N1CC2(CCOCC2)C1. The quantitative estimate of drug-likeness (QED) is 0.172. The number of para-hydroxylation sites is 1. The third-order valence-electron chi connectivity index (χ3n) is 10.4. The number of H-pyrrole nitrogens is 1. The molecule has 3 aliphatic rings. The van der Waals surface area contributed by atoms with Gasteiger partial charge in [-0.25, -0.2) is 14.4 Å². The predicted octanol–water partition coefficient (Wildman–Crippen LogP) is 7.98. The maximum atomic E-state index is 14.7. The number of amides is 2. The van der Waals surface area contributed by atoms with Crippen LogP contribution in [0.3, 0.4) is 0 Å². The molecule has 2 amide bonds. The summed E-state index contributed by atoms with van der Waals surface area (Å²) in [4.78, 5) is 48.5. The van der Waals surface area contributed by atoms with Crippen LogP contribution in [-0.2, 0) is 17.3 Å². The van der Waals surface area contributed by atoms with Crippen LogP contribution in [0.2, 0.25) is 0 Å². The average molecular weight is 754 g/mol. The molecule has 10 nitrogen and oxygen atoms in total. The molecule has 9 rings (SSSR count). The van der Waals surface area contributed by atoms with E-state index in [1.807, 2.05) is 6.07 Å². The van der Waals surface area contributed by atoms with E-state index in [-0.39, 0.29) is 46.3 Å². The normalized spacial score (nSPS) is 16.4. The zero-order valence-corrected chi connectivity index (χ0v) is 29.4. The Morgan fingerprint density at radius 1 is 0.981 bits per heavy atom. The molecule has 0 saturated carbocycles. The molecule has 2 saturated heterocycles. The number of carbonyl (C=O) groups is 2. The molecule has 3 aliphatic heterocycles. The number of carbonyl (C=O) groups excluding carboxylic acids is 2. The molecule has 274 valence electrons. The van der Waals surface area contributed by atoms with E-state index in [2.05, 4.69) is 30.2 Å². The summed E-state index contributed by atoms with van der Waals surface area (Å²) >= 11 is 1.26. The molecular formula is C39H31F4N7O3S. The Labute approximate surface area is 309 Å². The highest BCUT2D eigenvalue weighted by molar-refractivity contribution is 7.19. The number of pyridine rings is 2. The lowest BCUT2D eigenvalue weighted by molar-refractivity contribution is -0.136. The molecule has 4 aromatic heterocycles. The Morgan fingerprint density at radius 2 is 1.78 bits per heavy atom. The van der Waals surface area contributed by atoms with Crippen molar-refractivity contribution >= 4 is 51.4 Å². The predicted molar refractivity (Wildman–Crippen MR) is 196 cm³/mol. The van der Waals surface area contributed by atoms with Crippen LogP contribution in [-0.4, -0.2) is 64.6 Å². The van der Waals surface area contributed by atoms with Gasteiger partial charge in [-0.05, 0) is 79.4 Å². The summed E-state index contributed by atoms with van der Waals surface area (Å²) < 4.78 is 61.3. The van der Waals surface area contributed by atoms with Gasteiger partial charge in [0.15, 0.2) is 0 Å². The van der Waals surface area contributed by atoms with E-state index in [1.54, 1.807) is 42.6 Å². The standard InChI is InChI=1S/C39H31F4N7O3S/c40-24-18-29-32(45-19-24)33-23(17-30(54-33)34-47-28-5-1-4-27(31(28)48-34)39(41,42)43)10-14-50(29)37(52)22-6-8-25(9-7-22)46-36(51)26-3-2-13-44-35(26)49-20-38(21-49)11-15-53-16-12-38/h1-9,13,17-19H,10-12,14-16,20-21H2,(H,46,51)(H,47,48). The number of thiophene rings is 1. The Kier molecular flexibility index (Phi) is 8.23. The zero-order chi connectivity index (χ0) is 37.2. The minimum atomic E-state index is -4.56. The third kappa shape index (κ3) is 6.06. The molecule has 15 heteroatoms. The first-order valence-corrected chi connectivity index (χ1v) is 18.2. The lowest BCUT2D eigenvalue weighted by Crippen LogP contribution is -2.59. The van der Waals surface area contributed by atoms with Gasteiger partial charge in [0.2, 0.25) is 0 Å². The third-order valence-corrected chi connectivity index (χ3v) is 11.6. The molecule has 0 atom stereocenters. The smallest absolute Gasteiger partial charge is 0.381 e. The molecule has 0 bridgehead atoms. The van der Waals surface area contributed by atoms with Crippen LogP contribution in [0, 0.1) is 11.2 Å². The zero-order valence-electron chi connectivity index (χ0n) is 28.5. The number of imidazole rings is 1. The maximum absolute atomic E-state index is 14.7. The Hall–Kier alpha value is -5.67. The summed E-state index contributed by atoms with van der Waals surface area (Å²) in [6.45, 7) is 3.34. The first-order chi connectivity index (χ1) is 26.0. The van der Waals surface area contributed by atoms with Gasteiger partial charge in [0.05, 0.1) is 43.8 Å². The summed E-state index contributed by atoms with van der Waals surface area (Å²) in [5.74, 6) is -0.427. The first kappa shape index (κ1) is 34.1. The molecule has 6 aromatic rings. The average Bonchev–Trinajstić information content (AvgIpc) is 3.75. The number of alkyl halides is 3. The maximum Gasteiger partial charge on any atom is 0.418 e. The van der Waals surface area contributed by atoms with Crippen molar-refractivity contribution in [1.29, 1.82) is 0 Å².